The van der Waals surface area contributed by atoms with Crippen LogP contribution in [0.2, 0.25) is 5.02 Å². The van der Waals surface area contributed by atoms with E-state index in [4.69, 9.17) is 25.5 Å². The smallest absolute Gasteiger partial charge is 0.345 e. The van der Waals surface area contributed by atoms with Gasteiger partial charge in [0.25, 0.3) is 0 Å². The van der Waals surface area contributed by atoms with Crippen LogP contribution in [0, 0.1) is 0 Å². The van der Waals surface area contributed by atoms with E-state index in [-0.39, 0.29) is 12.4 Å². The standard InChI is InChI=1S/C20H12ClNO4S2/c21-14-7-18-17(24-10-25-18)6-12(14)8-27-20-22-15(9-28-20)13-5-11-3-1-2-4-16(11)26-19(13)23/h1-7,9H,8,10H2. The van der Waals surface area contributed by atoms with Gasteiger partial charge in [0.1, 0.15) is 5.58 Å². The molecule has 0 aliphatic carbocycles. The molecule has 1 aliphatic heterocycles. The van der Waals surface area contributed by atoms with Gasteiger partial charge in [-0.3, -0.25) is 0 Å². The van der Waals surface area contributed by atoms with Crippen molar-refractivity contribution in [3.63, 3.8) is 0 Å². The normalized spacial score (nSPS) is 12.6. The highest BCUT2D eigenvalue weighted by atomic mass is 35.5. The molecule has 0 saturated carbocycles. The van der Waals surface area contributed by atoms with Gasteiger partial charge < -0.3 is 13.9 Å². The number of hydrogen-bond acceptors (Lipinski definition) is 7. The summed E-state index contributed by atoms with van der Waals surface area (Å²) in [4.78, 5) is 16.9. The van der Waals surface area contributed by atoms with Gasteiger partial charge in [0.05, 0.1) is 11.3 Å². The number of fused-ring (bicyclic) bond motifs is 2. The SMILES string of the molecule is O=c1oc2ccccc2cc1-c1csc(SCc2cc3c(cc2Cl)OCO3)n1. The summed E-state index contributed by atoms with van der Waals surface area (Å²) in [6.45, 7) is 0.215. The molecule has 0 radical (unpaired) electrons. The fraction of sp³-hybridized carbons (Fsp3) is 0.100. The molecular weight excluding hydrogens is 418 g/mol. The van der Waals surface area contributed by atoms with E-state index < -0.39 is 0 Å². The summed E-state index contributed by atoms with van der Waals surface area (Å²) in [5.41, 5.74) is 2.20. The summed E-state index contributed by atoms with van der Waals surface area (Å²) in [6, 6.07) is 12.9. The third kappa shape index (κ3) is 3.26. The number of thioether (sulfide) groups is 1. The molecule has 5 nitrogen and oxygen atoms in total. The molecule has 4 aromatic rings. The molecule has 0 saturated heterocycles. The van der Waals surface area contributed by atoms with Crippen molar-refractivity contribution in [1.29, 1.82) is 0 Å². The first-order chi connectivity index (χ1) is 13.7. The van der Waals surface area contributed by atoms with Crippen molar-refractivity contribution < 1.29 is 13.9 Å². The van der Waals surface area contributed by atoms with Crippen LogP contribution in [0.3, 0.4) is 0 Å². The molecule has 0 bridgehead atoms. The van der Waals surface area contributed by atoms with E-state index in [2.05, 4.69) is 4.98 Å². The zero-order valence-corrected chi connectivity index (χ0v) is 16.7. The first-order valence-electron chi connectivity index (χ1n) is 8.37. The highest BCUT2D eigenvalue weighted by Crippen LogP contribution is 2.39. The molecule has 1 aliphatic rings. The summed E-state index contributed by atoms with van der Waals surface area (Å²) in [5, 5.41) is 3.36. The zero-order valence-electron chi connectivity index (χ0n) is 14.3. The Balaban J connectivity index is 1.39. The van der Waals surface area contributed by atoms with Crippen molar-refractivity contribution in [3.05, 3.63) is 68.9 Å². The Hall–Kier alpha value is -2.48. The summed E-state index contributed by atoms with van der Waals surface area (Å²) >= 11 is 9.37. The minimum Gasteiger partial charge on any atom is -0.454 e. The summed E-state index contributed by atoms with van der Waals surface area (Å²) in [7, 11) is 0. The second-order valence-electron chi connectivity index (χ2n) is 6.07. The molecule has 0 atom stereocenters. The van der Waals surface area contributed by atoms with Crippen LogP contribution in [0.5, 0.6) is 11.5 Å². The highest BCUT2D eigenvalue weighted by molar-refractivity contribution is 8.00. The van der Waals surface area contributed by atoms with Gasteiger partial charge in [-0.25, -0.2) is 9.78 Å². The maximum absolute atomic E-state index is 12.3. The summed E-state index contributed by atoms with van der Waals surface area (Å²) in [6.07, 6.45) is 0. The lowest BCUT2D eigenvalue weighted by molar-refractivity contribution is 0.174. The Morgan fingerprint density at radius 2 is 1.96 bits per heavy atom. The minimum absolute atomic E-state index is 0.215. The number of hydrogen-bond donors (Lipinski definition) is 0. The molecule has 0 unspecified atom stereocenters. The second kappa shape index (κ2) is 7.16. The fourth-order valence-electron chi connectivity index (χ4n) is 2.90. The van der Waals surface area contributed by atoms with Gasteiger partial charge in [0.15, 0.2) is 15.8 Å². The average Bonchev–Trinajstić information content (AvgIpc) is 3.34. The molecule has 3 heterocycles. The van der Waals surface area contributed by atoms with E-state index in [9.17, 15) is 4.79 Å². The third-order valence-electron chi connectivity index (χ3n) is 4.29. The first kappa shape index (κ1) is 17.6. The Morgan fingerprint density at radius 1 is 1.14 bits per heavy atom. The van der Waals surface area contributed by atoms with Gasteiger partial charge in [0, 0.05) is 27.6 Å². The maximum Gasteiger partial charge on any atom is 0.345 e. The average molecular weight is 430 g/mol. The minimum atomic E-state index is -0.389. The molecule has 0 fully saturated rings. The number of para-hydroxylation sites is 1. The number of ether oxygens (including phenoxy) is 2. The number of nitrogens with zero attached hydrogens (tertiary/aromatic N) is 1. The van der Waals surface area contributed by atoms with Crippen molar-refractivity contribution in [2.24, 2.45) is 0 Å². The van der Waals surface area contributed by atoms with Crippen LogP contribution in [0.15, 0.2) is 61.4 Å². The highest BCUT2D eigenvalue weighted by Gasteiger charge is 2.17. The van der Waals surface area contributed by atoms with E-state index in [0.29, 0.717) is 39.1 Å². The lowest BCUT2D eigenvalue weighted by Gasteiger charge is -2.04. The molecule has 8 heteroatoms. The lowest BCUT2D eigenvalue weighted by Crippen LogP contribution is -2.02. The molecular formula is C20H12ClNO4S2. The molecule has 28 heavy (non-hydrogen) atoms. The fourth-order valence-corrected chi connectivity index (χ4v) is 5.01. The molecule has 2 aromatic carbocycles. The van der Waals surface area contributed by atoms with Crippen LogP contribution in [0.4, 0.5) is 0 Å². The van der Waals surface area contributed by atoms with Gasteiger partial charge in [0.2, 0.25) is 6.79 Å². The monoisotopic (exact) mass is 429 g/mol. The Kier molecular flexibility index (Phi) is 4.50. The Bertz CT molecular complexity index is 1250. The lowest BCUT2D eigenvalue weighted by atomic mass is 10.1. The summed E-state index contributed by atoms with van der Waals surface area (Å²) in [5.74, 6) is 2.00. The zero-order chi connectivity index (χ0) is 19.1. The predicted octanol–water partition coefficient (Wildman–Crippen LogP) is 5.59. The third-order valence-corrected chi connectivity index (χ3v) is 6.71. The van der Waals surface area contributed by atoms with Crippen LogP contribution < -0.4 is 15.1 Å². The predicted molar refractivity (Wildman–Crippen MR) is 111 cm³/mol. The van der Waals surface area contributed by atoms with E-state index in [1.165, 1.54) is 11.3 Å². The number of aromatic nitrogens is 1. The second-order valence-corrected chi connectivity index (χ2v) is 8.56. The quantitative estimate of drug-likeness (QED) is 0.311. The maximum atomic E-state index is 12.3. The van der Waals surface area contributed by atoms with Crippen LogP contribution >= 0.6 is 34.7 Å². The molecule has 0 amide bonds. The Labute approximate surface area is 172 Å². The van der Waals surface area contributed by atoms with Gasteiger partial charge in [-0.2, -0.15) is 0 Å². The van der Waals surface area contributed by atoms with Crippen molar-refractivity contribution in [3.8, 4) is 22.8 Å². The van der Waals surface area contributed by atoms with Gasteiger partial charge in [-0.05, 0) is 23.8 Å². The van der Waals surface area contributed by atoms with Crippen LogP contribution in [-0.2, 0) is 5.75 Å². The molecule has 0 spiro atoms. The largest absolute Gasteiger partial charge is 0.454 e. The topological polar surface area (TPSA) is 61.6 Å². The van der Waals surface area contributed by atoms with E-state index in [1.807, 2.05) is 35.7 Å². The van der Waals surface area contributed by atoms with Crippen LogP contribution in [0.1, 0.15) is 5.56 Å². The molecule has 5 rings (SSSR count). The number of thiazole rings is 1. The van der Waals surface area contributed by atoms with Gasteiger partial charge in [-0.1, -0.05) is 41.6 Å². The van der Waals surface area contributed by atoms with E-state index in [0.717, 1.165) is 15.3 Å². The van der Waals surface area contributed by atoms with Crippen molar-refractivity contribution in [2.45, 2.75) is 10.1 Å². The van der Waals surface area contributed by atoms with Crippen molar-refractivity contribution >= 4 is 45.7 Å². The van der Waals surface area contributed by atoms with E-state index >= 15 is 0 Å². The first-order valence-corrected chi connectivity index (χ1v) is 10.6. The van der Waals surface area contributed by atoms with Crippen LogP contribution in [0.25, 0.3) is 22.2 Å². The number of rotatable bonds is 4. The number of halogens is 1. The van der Waals surface area contributed by atoms with Gasteiger partial charge >= 0.3 is 5.63 Å². The molecule has 0 N–H and O–H groups in total. The Morgan fingerprint density at radius 3 is 2.86 bits per heavy atom. The van der Waals surface area contributed by atoms with Crippen molar-refractivity contribution in [1.82, 2.24) is 4.98 Å². The van der Waals surface area contributed by atoms with Gasteiger partial charge in [-0.15, -0.1) is 11.3 Å². The molecule has 140 valence electrons. The number of benzene rings is 2. The molecule has 2 aromatic heterocycles. The van der Waals surface area contributed by atoms with Crippen molar-refractivity contribution in [2.75, 3.05) is 6.79 Å². The summed E-state index contributed by atoms with van der Waals surface area (Å²) < 4.78 is 17.0. The van der Waals surface area contributed by atoms with Crippen LogP contribution in [-0.4, -0.2) is 11.8 Å². The van der Waals surface area contributed by atoms with E-state index in [1.54, 1.807) is 23.9 Å².